The number of thiol groups is 2. The SMILES string of the molecule is NC(CS)C(=O)O.[B].[B].[CH2+]C(=O)NC(CS)C(=O)O.[H-].[H-].[Na+].[Na+]. The van der Waals surface area contributed by atoms with Gasteiger partial charge < -0.3 is 24.1 Å². The third-order valence-corrected chi connectivity index (χ3v) is 2.09. The summed E-state index contributed by atoms with van der Waals surface area (Å²) in [7, 11) is 0. The molecule has 0 saturated carbocycles. The number of carbonyl (C=O) groups excluding carboxylic acids is 1. The van der Waals surface area contributed by atoms with Gasteiger partial charge in [0.15, 0.2) is 6.92 Å². The standard InChI is InChI=1S/C5H7NO3S.C3H7NO2S.2B.2Na.2H/c1-3(7)6-4(2-10)5(8)9;4-2(1-7)3(5)6;;;;;;/h4H,1-2H2,(H2-,6,7,8,9,10);2,7H,1,4H2,(H,5,6);;;;;;/q;;;;2*+1;2*-1/p+1. The number of carboxylic acid groups (broad SMARTS) is 2. The Bertz CT molecular complexity index is 303. The Morgan fingerprint density at radius 1 is 1.10 bits per heavy atom. The first-order valence-electron chi connectivity index (χ1n) is 4.31. The molecule has 7 nitrogen and oxygen atoms in total. The third-order valence-electron chi connectivity index (χ3n) is 1.33. The second-order valence-corrected chi connectivity index (χ2v) is 3.50. The normalized spacial score (nSPS) is 10.2. The molecule has 5 N–H and O–H groups in total. The molecule has 108 valence electrons. The van der Waals surface area contributed by atoms with Gasteiger partial charge in [0.1, 0.15) is 12.1 Å². The number of hydrogen-bond acceptors (Lipinski definition) is 6. The number of carbonyl (C=O) groups is 3. The molecule has 21 heavy (non-hydrogen) atoms. The fourth-order valence-electron chi connectivity index (χ4n) is 0.458. The Labute approximate surface area is 186 Å². The first-order chi connectivity index (χ1) is 7.76. The van der Waals surface area contributed by atoms with Gasteiger partial charge >= 0.3 is 77.0 Å². The number of amides is 1. The minimum Gasteiger partial charge on any atom is -1.00 e. The van der Waals surface area contributed by atoms with E-state index in [1.807, 2.05) is 0 Å². The molecular weight excluding hydrogens is 336 g/mol. The maximum absolute atomic E-state index is 10.2. The van der Waals surface area contributed by atoms with Gasteiger partial charge in [0.05, 0.1) is 0 Å². The van der Waals surface area contributed by atoms with E-state index in [0.29, 0.717) is 0 Å². The quantitative estimate of drug-likeness (QED) is 0.166. The molecule has 6 radical (unpaired) electrons. The zero-order valence-electron chi connectivity index (χ0n) is 14.0. The minimum absolute atomic E-state index is 0. The van der Waals surface area contributed by atoms with Crippen molar-refractivity contribution in [1.29, 1.82) is 0 Å². The fourth-order valence-corrected chi connectivity index (χ4v) is 0.862. The zero-order chi connectivity index (χ0) is 14.0. The second-order valence-electron chi connectivity index (χ2n) is 2.77. The number of nitrogens with one attached hydrogen (secondary N) is 1. The predicted molar refractivity (Wildman–Crippen MR) is 82.0 cm³/mol. The first-order valence-corrected chi connectivity index (χ1v) is 5.58. The van der Waals surface area contributed by atoms with Crippen LogP contribution in [0.3, 0.4) is 0 Å². The van der Waals surface area contributed by atoms with Gasteiger partial charge in [0, 0.05) is 28.3 Å². The molecular formula is C8H17B2N2Na2O5S2+. The summed E-state index contributed by atoms with van der Waals surface area (Å²) in [6, 6.07) is -1.75. The van der Waals surface area contributed by atoms with Crippen molar-refractivity contribution in [2.24, 2.45) is 5.73 Å². The number of hydrogen-bond donors (Lipinski definition) is 6. The Hall–Kier alpha value is 1.07. The van der Waals surface area contributed by atoms with Gasteiger partial charge in [-0.25, -0.2) is 9.59 Å². The molecule has 2 atom stereocenters. The van der Waals surface area contributed by atoms with Crippen LogP contribution in [0.4, 0.5) is 0 Å². The van der Waals surface area contributed by atoms with Crippen LogP contribution in [-0.4, -0.2) is 68.5 Å². The molecule has 0 aliphatic carbocycles. The first kappa shape index (κ1) is 37.9. The Morgan fingerprint density at radius 3 is 1.52 bits per heavy atom. The molecule has 0 fully saturated rings. The summed E-state index contributed by atoms with van der Waals surface area (Å²) in [6.45, 7) is 2.96. The van der Waals surface area contributed by atoms with Gasteiger partial charge in [0.25, 0.3) is 0 Å². The van der Waals surface area contributed by atoms with Crippen LogP contribution in [0.25, 0.3) is 0 Å². The van der Waals surface area contributed by atoms with Gasteiger partial charge in [0.2, 0.25) is 0 Å². The second kappa shape index (κ2) is 23.3. The van der Waals surface area contributed by atoms with Crippen LogP contribution >= 0.6 is 25.3 Å². The van der Waals surface area contributed by atoms with Crippen molar-refractivity contribution in [3.63, 3.8) is 0 Å². The number of rotatable bonds is 5. The molecule has 1 amide bonds. The van der Waals surface area contributed by atoms with Crippen molar-refractivity contribution in [1.82, 2.24) is 5.32 Å². The summed E-state index contributed by atoms with van der Waals surface area (Å²) < 4.78 is 0. The monoisotopic (exact) mass is 353 g/mol. The van der Waals surface area contributed by atoms with Gasteiger partial charge in [-0.3, -0.25) is 4.79 Å². The van der Waals surface area contributed by atoms with E-state index in [0.717, 1.165) is 0 Å². The van der Waals surface area contributed by atoms with Crippen molar-refractivity contribution in [3.8, 4) is 0 Å². The van der Waals surface area contributed by atoms with Gasteiger partial charge in [-0.05, 0) is 0 Å². The summed E-state index contributed by atoms with van der Waals surface area (Å²) in [5.74, 6) is -2.46. The minimum atomic E-state index is -1.10. The molecule has 0 rings (SSSR count). The van der Waals surface area contributed by atoms with Crippen LogP contribution in [0.2, 0.25) is 0 Å². The summed E-state index contributed by atoms with van der Waals surface area (Å²) in [5, 5.41) is 18.4. The van der Waals surface area contributed by atoms with Crippen LogP contribution in [0, 0.1) is 6.92 Å². The van der Waals surface area contributed by atoms with E-state index in [1.165, 1.54) is 0 Å². The van der Waals surface area contributed by atoms with Gasteiger partial charge in [-0.2, -0.15) is 25.3 Å². The average molecular weight is 353 g/mol. The van der Waals surface area contributed by atoms with E-state index in [-0.39, 0.29) is 90.3 Å². The van der Waals surface area contributed by atoms with E-state index >= 15 is 0 Å². The van der Waals surface area contributed by atoms with E-state index < -0.39 is 29.9 Å². The summed E-state index contributed by atoms with van der Waals surface area (Å²) in [5.41, 5.74) is 4.94. The molecule has 0 spiro atoms. The van der Waals surface area contributed by atoms with Crippen LogP contribution in [-0.2, 0) is 14.4 Å². The Balaban J connectivity index is -0.0000000267. The Kier molecular flexibility index (Phi) is 42.2. The average Bonchev–Trinajstić information content (AvgIpc) is 2.24. The molecule has 0 aliphatic rings. The van der Waals surface area contributed by atoms with Crippen molar-refractivity contribution in [2.45, 2.75) is 12.1 Å². The zero-order valence-corrected chi connectivity index (χ0v) is 17.8. The number of carboxylic acids is 2. The molecule has 0 aromatic rings. The summed E-state index contributed by atoms with van der Waals surface area (Å²) >= 11 is 7.36. The van der Waals surface area contributed by atoms with E-state index in [9.17, 15) is 14.4 Å². The fraction of sp³-hybridized carbons (Fsp3) is 0.500. The van der Waals surface area contributed by atoms with Crippen molar-refractivity contribution >= 4 is 59.9 Å². The van der Waals surface area contributed by atoms with Crippen molar-refractivity contribution < 1.29 is 86.6 Å². The van der Waals surface area contributed by atoms with Gasteiger partial charge in [-0.1, -0.05) is 0 Å². The molecule has 0 saturated heterocycles. The maximum atomic E-state index is 10.2. The molecule has 2 unspecified atom stereocenters. The molecule has 0 heterocycles. The smallest absolute Gasteiger partial charge is 1.00 e. The Morgan fingerprint density at radius 2 is 1.48 bits per heavy atom. The largest absolute Gasteiger partial charge is 1.00 e. The summed E-state index contributed by atoms with van der Waals surface area (Å²) in [6.07, 6.45) is 0. The topological polar surface area (TPSA) is 130 Å². The van der Waals surface area contributed by atoms with E-state index in [4.69, 9.17) is 15.9 Å². The summed E-state index contributed by atoms with van der Waals surface area (Å²) in [4.78, 5) is 30.1. The van der Waals surface area contributed by atoms with Crippen molar-refractivity contribution in [2.75, 3.05) is 11.5 Å². The van der Waals surface area contributed by atoms with Crippen LogP contribution in [0.1, 0.15) is 2.85 Å². The van der Waals surface area contributed by atoms with E-state index in [2.05, 4.69) is 37.5 Å². The molecule has 0 aromatic carbocycles. The molecule has 0 bridgehead atoms. The predicted octanol–water partition coefficient (Wildman–Crippen LogP) is -7.88. The van der Waals surface area contributed by atoms with Crippen LogP contribution in [0.15, 0.2) is 0 Å². The van der Waals surface area contributed by atoms with E-state index in [1.54, 1.807) is 0 Å². The molecule has 13 heteroatoms. The maximum Gasteiger partial charge on any atom is 1.00 e. The molecule has 0 aliphatic heterocycles. The number of nitrogens with two attached hydrogens (primary N) is 1. The van der Waals surface area contributed by atoms with Crippen molar-refractivity contribution in [3.05, 3.63) is 6.92 Å². The number of aliphatic carboxylic acids is 2. The molecule has 0 aromatic heterocycles. The van der Waals surface area contributed by atoms with Gasteiger partial charge in [-0.15, -0.1) is 0 Å². The third kappa shape index (κ3) is 26.3. The van der Waals surface area contributed by atoms with Crippen LogP contribution in [0.5, 0.6) is 0 Å². The van der Waals surface area contributed by atoms with Crippen LogP contribution < -0.4 is 70.2 Å².